The van der Waals surface area contributed by atoms with Gasteiger partial charge < -0.3 is 5.11 Å². The molecule has 0 aliphatic heterocycles. The monoisotopic (exact) mass is 232 g/mol. The zero-order valence-electron chi connectivity index (χ0n) is 7.90. The number of alkyl halides is 5. The molecule has 0 spiro atoms. The molecule has 0 bridgehead atoms. The predicted octanol–water partition coefficient (Wildman–Crippen LogP) is 2.65. The molecule has 1 atom stereocenters. The first kappa shape index (κ1) is 13.9. The fraction of sp³-hybridized carbons (Fsp3) is 0.625. The van der Waals surface area contributed by atoms with Crippen molar-refractivity contribution < 1.29 is 31.9 Å². The van der Waals surface area contributed by atoms with E-state index in [4.69, 9.17) is 5.11 Å². The Morgan fingerprint density at radius 1 is 1.33 bits per heavy atom. The lowest BCUT2D eigenvalue weighted by Crippen LogP contribution is -2.45. The highest BCUT2D eigenvalue weighted by Gasteiger charge is 2.59. The molecular weight excluding hydrogens is 223 g/mol. The summed E-state index contributed by atoms with van der Waals surface area (Å²) in [6.07, 6.45) is -3.53. The number of hydrogen-bond acceptors (Lipinski definition) is 1. The van der Waals surface area contributed by atoms with E-state index in [2.05, 4.69) is 0 Å². The minimum atomic E-state index is -4.93. The van der Waals surface area contributed by atoms with Gasteiger partial charge in [-0.15, -0.1) is 0 Å². The Bertz CT molecular complexity index is 283. The van der Waals surface area contributed by atoms with Gasteiger partial charge in [-0.1, -0.05) is 0 Å². The number of allylic oxidation sites excluding steroid dienone is 1. The average Bonchev–Trinajstić information content (AvgIpc) is 2.02. The van der Waals surface area contributed by atoms with Crippen LogP contribution in [0.5, 0.6) is 0 Å². The van der Waals surface area contributed by atoms with E-state index in [9.17, 15) is 26.7 Å². The number of hydrogen-bond donors (Lipinski definition) is 1. The molecule has 1 unspecified atom stereocenters. The van der Waals surface area contributed by atoms with E-state index in [-0.39, 0.29) is 6.92 Å². The first-order valence-electron chi connectivity index (χ1n) is 3.85. The van der Waals surface area contributed by atoms with Gasteiger partial charge in [0.05, 0.1) is 0 Å². The number of carboxylic acid groups (broad SMARTS) is 1. The van der Waals surface area contributed by atoms with Crippen LogP contribution in [0.4, 0.5) is 22.0 Å². The Hall–Kier alpha value is -1.14. The third kappa shape index (κ3) is 2.90. The molecule has 0 aromatic rings. The van der Waals surface area contributed by atoms with Crippen LogP contribution >= 0.6 is 0 Å². The molecule has 0 rings (SSSR count). The third-order valence-corrected chi connectivity index (χ3v) is 1.68. The van der Waals surface area contributed by atoms with Gasteiger partial charge in [-0.05, 0) is 13.8 Å². The molecule has 88 valence electrons. The summed E-state index contributed by atoms with van der Waals surface area (Å²) in [5, 5.41) is 8.21. The SMILES string of the molecule is CC(=CC(F)(F)C(F)(F)C(C)F)C(=O)O. The maximum atomic E-state index is 12.7. The second kappa shape index (κ2) is 4.16. The molecule has 0 saturated carbocycles. The second-order valence-corrected chi connectivity index (χ2v) is 2.99. The van der Waals surface area contributed by atoms with Gasteiger partial charge >= 0.3 is 17.8 Å². The molecule has 0 amide bonds. The Kier molecular flexibility index (Phi) is 3.84. The van der Waals surface area contributed by atoms with E-state index in [1.165, 1.54) is 0 Å². The number of carbonyl (C=O) groups is 1. The van der Waals surface area contributed by atoms with Crippen LogP contribution in [0, 0.1) is 0 Å². The van der Waals surface area contributed by atoms with Crippen LogP contribution in [0.25, 0.3) is 0 Å². The van der Waals surface area contributed by atoms with E-state index < -0.39 is 35.6 Å². The maximum absolute atomic E-state index is 12.7. The summed E-state index contributed by atoms with van der Waals surface area (Å²) in [7, 11) is 0. The molecule has 0 heterocycles. The van der Waals surface area contributed by atoms with E-state index >= 15 is 0 Å². The number of aliphatic carboxylic acids is 1. The van der Waals surface area contributed by atoms with Crippen LogP contribution in [0.15, 0.2) is 11.6 Å². The van der Waals surface area contributed by atoms with Crippen molar-refractivity contribution in [3.63, 3.8) is 0 Å². The molecule has 0 aromatic carbocycles. The van der Waals surface area contributed by atoms with Gasteiger partial charge in [0, 0.05) is 11.6 Å². The lowest BCUT2D eigenvalue weighted by Gasteiger charge is -2.25. The zero-order chi connectivity index (χ0) is 12.4. The van der Waals surface area contributed by atoms with E-state index in [1.54, 1.807) is 0 Å². The molecular formula is C8H9F5O2. The largest absolute Gasteiger partial charge is 0.478 e. The van der Waals surface area contributed by atoms with Crippen LogP contribution in [0.2, 0.25) is 0 Å². The highest BCUT2D eigenvalue weighted by atomic mass is 19.3. The lowest BCUT2D eigenvalue weighted by molar-refractivity contribution is -0.210. The van der Waals surface area contributed by atoms with Crippen LogP contribution in [-0.2, 0) is 4.79 Å². The highest BCUT2D eigenvalue weighted by molar-refractivity contribution is 5.86. The van der Waals surface area contributed by atoms with Crippen molar-refractivity contribution in [2.75, 3.05) is 0 Å². The van der Waals surface area contributed by atoms with Crippen LogP contribution < -0.4 is 0 Å². The van der Waals surface area contributed by atoms with Gasteiger partial charge in [-0.3, -0.25) is 0 Å². The molecule has 0 fully saturated rings. The fourth-order valence-corrected chi connectivity index (χ4v) is 0.695. The summed E-state index contributed by atoms with van der Waals surface area (Å²) < 4.78 is 62.9. The van der Waals surface area contributed by atoms with Crippen molar-refractivity contribution in [3.8, 4) is 0 Å². The Morgan fingerprint density at radius 2 is 1.73 bits per heavy atom. The van der Waals surface area contributed by atoms with Crippen LogP contribution in [-0.4, -0.2) is 29.1 Å². The summed E-state index contributed by atoms with van der Waals surface area (Å²) in [5.74, 6) is -11.5. The fourth-order valence-electron chi connectivity index (χ4n) is 0.695. The third-order valence-electron chi connectivity index (χ3n) is 1.68. The Labute approximate surface area is 82.4 Å². The molecule has 1 N–H and O–H groups in total. The van der Waals surface area contributed by atoms with Crippen molar-refractivity contribution in [1.29, 1.82) is 0 Å². The summed E-state index contributed by atoms with van der Waals surface area (Å²) >= 11 is 0. The normalized spacial score (nSPS) is 16.3. The van der Waals surface area contributed by atoms with Gasteiger partial charge in [-0.2, -0.15) is 17.6 Å². The minimum Gasteiger partial charge on any atom is -0.478 e. The average molecular weight is 232 g/mol. The topological polar surface area (TPSA) is 37.3 Å². The molecule has 0 saturated heterocycles. The van der Waals surface area contributed by atoms with Gasteiger partial charge in [-0.25, -0.2) is 9.18 Å². The molecule has 0 aromatic heterocycles. The predicted molar refractivity (Wildman–Crippen MR) is 41.9 cm³/mol. The second-order valence-electron chi connectivity index (χ2n) is 2.99. The van der Waals surface area contributed by atoms with Crippen molar-refractivity contribution in [3.05, 3.63) is 11.6 Å². The number of halogens is 5. The lowest BCUT2D eigenvalue weighted by atomic mass is 10.1. The first-order valence-corrected chi connectivity index (χ1v) is 3.85. The van der Waals surface area contributed by atoms with Crippen molar-refractivity contribution in [2.45, 2.75) is 31.9 Å². The van der Waals surface area contributed by atoms with Gasteiger partial charge in [0.25, 0.3) is 0 Å². The van der Waals surface area contributed by atoms with E-state index in [0.29, 0.717) is 0 Å². The van der Waals surface area contributed by atoms with E-state index in [0.717, 1.165) is 6.92 Å². The van der Waals surface area contributed by atoms with Crippen LogP contribution in [0.3, 0.4) is 0 Å². The maximum Gasteiger partial charge on any atom is 0.344 e. The highest BCUT2D eigenvalue weighted by Crippen LogP contribution is 2.39. The molecule has 0 aliphatic rings. The quantitative estimate of drug-likeness (QED) is 0.597. The van der Waals surface area contributed by atoms with Crippen molar-refractivity contribution >= 4 is 5.97 Å². The van der Waals surface area contributed by atoms with Crippen LogP contribution in [0.1, 0.15) is 13.8 Å². The van der Waals surface area contributed by atoms with Crippen molar-refractivity contribution in [2.24, 2.45) is 0 Å². The standard InChI is InChI=1S/C8H9F5O2/c1-4(6(14)15)3-7(10,11)8(12,13)5(2)9/h3,5H,1-2H3,(H,14,15). The van der Waals surface area contributed by atoms with Crippen molar-refractivity contribution in [1.82, 2.24) is 0 Å². The summed E-state index contributed by atoms with van der Waals surface area (Å²) in [4.78, 5) is 10.1. The number of carboxylic acids is 1. The Morgan fingerprint density at radius 3 is 2.00 bits per heavy atom. The summed E-state index contributed by atoms with van der Waals surface area (Å²) in [5.41, 5.74) is -0.972. The molecule has 2 nitrogen and oxygen atoms in total. The molecule has 15 heavy (non-hydrogen) atoms. The van der Waals surface area contributed by atoms with Gasteiger partial charge in [0.2, 0.25) is 0 Å². The Balaban J connectivity index is 5.15. The molecule has 7 heteroatoms. The summed E-state index contributed by atoms with van der Waals surface area (Å²) in [6, 6.07) is 0. The minimum absolute atomic E-state index is 0.276. The molecule has 0 radical (unpaired) electrons. The molecule has 0 aliphatic carbocycles. The first-order chi connectivity index (χ1) is 6.52. The number of rotatable bonds is 4. The summed E-state index contributed by atoms with van der Waals surface area (Å²) in [6.45, 7) is 0.993. The van der Waals surface area contributed by atoms with E-state index in [1.807, 2.05) is 0 Å². The van der Waals surface area contributed by atoms with Gasteiger partial charge in [0.1, 0.15) is 0 Å². The van der Waals surface area contributed by atoms with Gasteiger partial charge in [0.15, 0.2) is 6.17 Å². The smallest absolute Gasteiger partial charge is 0.344 e. The zero-order valence-corrected chi connectivity index (χ0v) is 7.90.